The monoisotopic (exact) mass is 217 g/mol. The molecule has 0 aliphatic carbocycles. The second kappa shape index (κ2) is 4.66. The maximum Gasteiger partial charge on any atom is 0.0706 e. The maximum atomic E-state index is 5.75. The van der Waals surface area contributed by atoms with Crippen LogP contribution in [0.15, 0.2) is 24.3 Å². The van der Waals surface area contributed by atoms with E-state index in [0.717, 1.165) is 19.4 Å². The minimum Gasteiger partial charge on any atom is -0.330 e. The Labute approximate surface area is 96.2 Å². The molecule has 3 nitrogen and oxygen atoms in total. The van der Waals surface area contributed by atoms with Crippen molar-refractivity contribution in [3.63, 3.8) is 0 Å². The topological polar surface area (TPSA) is 43.8 Å². The fourth-order valence-corrected chi connectivity index (χ4v) is 2.11. The number of nitrogens with zero attached hydrogens (tertiary/aromatic N) is 2. The first-order chi connectivity index (χ1) is 7.76. The van der Waals surface area contributed by atoms with Crippen LogP contribution in [0.2, 0.25) is 0 Å². The van der Waals surface area contributed by atoms with Gasteiger partial charge in [0.1, 0.15) is 0 Å². The Kier molecular flexibility index (Phi) is 3.25. The zero-order valence-corrected chi connectivity index (χ0v) is 9.98. The predicted molar refractivity (Wildman–Crippen MR) is 67.3 cm³/mol. The van der Waals surface area contributed by atoms with Gasteiger partial charge >= 0.3 is 0 Å². The Bertz CT molecular complexity index is 469. The number of aromatic nitrogens is 2. The van der Waals surface area contributed by atoms with Crippen LogP contribution in [0, 0.1) is 5.92 Å². The van der Waals surface area contributed by atoms with Crippen molar-refractivity contribution >= 4 is 10.9 Å². The summed E-state index contributed by atoms with van der Waals surface area (Å²) in [7, 11) is 2.00. The van der Waals surface area contributed by atoms with E-state index in [2.05, 4.69) is 30.2 Å². The highest BCUT2D eigenvalue weighted by Gasteiger charge is 2.12. The second-order valence-corrected chi connectivity index (χ2v) is 4.30. The molecule has 1 aromatic heterocycles. The fraction of sp³-hybridized carbons (Fsp3) is 0.462. The Hall–Kier alpha value is -1.35. The van der Waals surface area contributed by atoms with E-state index < -0.39 is 0 Å². The SMILES string of the molecule is CCC(CN)Cc1nn(C)c2ccccc12. The molecule has 0 aliphatic heterocycles. The van der Waals surface area contributed by atoms with Gasteiger partial charge in [0.2, 0.25) is 0 Å². The van der Waals surface area contributed by atoms with E-state index in [0.29, 0.717) is 5.92 Å². The summed E-state index contributed by atoms with van der Waals surface area (Å²) in [5, 5.41) is 5.85. The van der Waals surface area contributed by atoms with Crippen molar-refractivity contribution < 1.29 is 0 Å². The molecule has 0 aliphatic rings. The molecular weight excluding hydrogens is 198 g/mol. The average Bonchev–Trinajstić information content (AvgIpc) is 2.64. The first-order valence-electron chi connectivity index (χ1n) is 5.87. The van der Waals surface area contributed by atoms with E-state index in [4.69, 9.17) is 5.73 Å². The first kappa shape index (κ1) is 11.1. The van der Waals surface area contributed by atoms with Gasteiger partial charge in [-0.15, -0.1) is 0 Å². The number of hydrogen-bond donors (Lipinski definition) is 1. The summed E-state index contributed by atoms with van der Waals surface area (Å²) in [6.07, 6.45) is 2.09. The summed E-state index contributed by atoms with van der Waals surface area (Å²) in [5.74, 6) is 0.540. The van der Waals surface area contributed by atoms with E-state index in [1.807, 2.05) is 17.8 Å². The van der Waals surface area contributed by atoms with Crippen molar-refractivity contribution in [3.8, 4) is 0 Å². The molecule has 0 radical (unpaired) electrons. The third-order valence-electron chi connectivity index (χ3n) is 3.23. The van der Waals surface area contributed by atoms with Crippen molar-refractivity contribution in [2.75, 3.05) is 6.54 Å². The molecule has 0 spiro atoms. The van der Waals surface area contributed by atoms with Crippen LogP contribution >= 0.6 is 0 Å². The molecule has 3 heteroatoms. The lowest BCUT2D eigenvalue weighted by Gasteiger charge is -2.09. The van der Waals surface area contributed by atoms with Gasteiger partial charge in [-0.1, -0.05) is 31.5 Å². The lowest BCUT2D eigenvalue weighted by Crippen LogP contribution is -2.16. The van der Waals surface area contributed by atoms with Crippen molar-refractivity contribution in [3.05, 3.63) is 30.0 Å². The first-order valence-corrected chi connectivity index (χ1v) is 5.87. The molecule has 0 saturated carbocycles. The van der Waals surface area contributed by atoms with Gasteiger partial charge < -0.3 is 5.73 Å². The number of rotatable bonds is 4. The standard InChI is InChI=1S/C13H19N3/c1-3-10(9-14)8-12-11-6-4-5-7-13(11)16(2)15-12/h4-7,10H,3,8-9,14H2,1-2H3. The summed E-state index contributed by atoms with van der Waals surface area (Å²) in [6, 6.07) is 8.36. The van der Waals surface area contributed by atoms with Gasteiger partial charge in [0.15, 0.2) is 0 Å². The van der Waals surface area contributed by atoms with Crippen LogP contribution in [0.4, 0.5) is 0 Å². The van der Waals surface area contributed by atoms with Crippen LogP contribution in [0.1, 0.15) is 19.0 Å². The van der Waals surface area contributed by atoms with Gasteiger partial charge in [0.05, 0.1) is 11.2 Å². The molecule has 0 saturated heterocycles. The molecule has 0 bridgehead atoms. The third kappa shape index (κ3) is 1.95. The predicted octanol–water partition coefficient (Wildman–Crippen LogP) is 2.10. The van der Waals surface area contributed by atoms with E-state index in [1.54, 1.807) is 0 Å². The summed E-state index contributed by atoms with van der Waals surface area (Å²) in [4.78, 5) is 0. The zero-order valence-electron chi connectivity index (χ0n) is 9.98. The highest BCUT2D eigenvalue weighted by atomic mass is 15.3. The Morgan fingerprint density at radius 1 is 1.38 bits per heavy atom. The molecule has 2 N–H and O–H groups in total. The molecule has 86 valence electrons. The van der Waals surface area contributed by atoms with Gasteiger partial charge in [-0.2, -0.15) is 5.10 Å². The molecule has 0 amide bonds. The molecule has 2 rings (SSSR count). The maximum absolute atomic E-state index is 5.75. The smallest absolute Gasteiger partial charge is 0.0706 e. The van der Waals surface area contributed by atoms with Gasteiger partial charge in [0.25, 0.3) is 0 Å². The minimum atomic E-state index is 0.540. The van der Waals surface area contributed by atoms with Gasteiger partial charge in [-0.25, -0.2) is 0 Å². The molecule has 1 aromatic carbocycles. The Balaban J connectivity index is 2.37. The minimum absolute atomic E-state index is 0.540. The van der Waals surface area contributed by atoms with Crippen molar-refractivity contribution in [1.29, 1.82) is 0 Å². The Morgan fingerprint density at radius 3 is 2.81 bits per heavy atom. The highest BCUT2D eigenvalue weighted by molar-refractivity contribution is 5.81. The molecule has 2 aromatic rings. The van der Waals surface area contributed by atoms with Crippen LogP contribution in [0.25, 0.3) is 10.9 Å². The van der Waals surface area contributed by atoms with Crippen molar-refractivity contribution in [2.24, 2.45) is 18.7 Å². The normalized spacial score (nSPS) is 13.2. The van der Waals surface area contributed by atoms with Crippen LogP contribution in [0.3, 0.4) is 0 Å². The van der Waals surface area contributed by atoms with Gasteiger partial charge in [-0.05, 0) is 24.9 Å². The van der Waals surface area contributed by atoms with Crippen LogP contribution in [-0.4, -0.2) is 16.3 Å². The molecule has 16 heavy (non-hydrogen) atoms. The average molecular weight is 217 g/mol. The van der Waals surface area contributed by atoms with Crippen LogP contribution in [-0.2, 0) is 13.5 Å². The summed E-state index contributed by atoms with van der Waals surface area (Å²) in [6.45, 7) is 2.92. The third-order valence-corrected chi connectivity index (χ3v) is 3.23. The molecular formula is C13H19N3. The summed E-state index contributed by atoms with van der Waals surface area (Å²) in [5.41, 5.74) is 8.12. The highest BCUT2D eigenvalue weighted by Crippen LogP contribution is 2.20. The van der Waals surface area contributed by atoms with Gasteiger partial charge in [-0.3, -0.25) is 4.68 Å². The number of nitrogens with two attached hydrogens (primary N) is 1. The zero-order chi connectivity index (χ0) is 11.5. The van der Waals surface area contributed by atoms with Crippen LogP contribution in [0.5, 0.6) is 0 Å². The molecule has 1 atom stereocenters. The van der Waals surface area contributed by atoms with E-state index >= 15 is 0 Å². The van der Waals surface area contributed by atoms with Crippen molar-refractivity contribution in [2.45, 2.75) is 19.8 Å². The summed E-state index contributed by atoms with van der Waals surface area (Å²) >= 11 is 0. The number of benzene rings is 1. The van der Waals surface area contributed by atoms with E-state index in [-0.39, 0.29) is 0 Å². The number of para-hydroxylation sites is 1. The van der Waals surface area contributed by atoms with Crippen molar-refractivity contribution in [1.82, 2.24) is 9.78 Å². The quantitative estimate of drug-likeness (QED) is 0.852. The lowest BCUT2D eigenvalue weighted by atomic mass is 9.99. The van der Waals surface area contributed by atoms with Crippen LogP contribution < -0.4 is 5.73 Å². The second-order valence-electron chi connectivity index (χ2n) is 4.30. The Morgan fingerprint density at radius 2 is 2.12 bits per heavy atom. The summed E-state index contributed by atoms with van der Waals surface area (Å²) < 4.78 is 1.95. The van der Waals surface area contributed by atoms with Gasteiger partial charge in [0, 0.05) is 12.4 Å². The molecule has 1 heterocycles. The van der Waals surface area contributed by atoms with E-state index in [1.165, 1.54) is 16.6 Å². The number of aryl methyl sites for hydroxylation is 1. The number of fused-ring (bicyclic) bond motifs is 1. The molecule has 1 unspecified atom stereocenters. The number of hydrogen-bond acceptors (Lipinski definition) is 2. The fourth-order valence-electron chi connectivity index (χ4n) is 2.11. The van der Waals surface area contributed by atoms with E-state index in [9.17, 15) is 0 Å². The molecule has 0 fully saturated rings. The largest absolute Gasteiger partial charge is 0.330 e. The lowest BCUT2D eigenvalue weighted by molar-refractivity contribution is 0.510.